The lowest BCUT2D eigenvalue weighted by Gasteiger charge is -2.35. The van der Waals surface area contributed by atoms with Crippen molar-refractivity contribution in [1.29, 1.82) is 0 Å². The highest BCUT2D eigenvalue weighted by atomic mass is 35.5. The highest BCUT2D eigenvalue weighted by molar-refractivity contribution is 7.92. The summed E-state index contributed by atoms with van der Waals surface area (Å²) in [5, 5.41) is 3.01. The van der Waals surface area contributed by atoms with Gasteiger partial charge in [-0.15, -0.1) is 11.6 Å². The molecule has 0 radical (unpaired) electrons. The van der Waals surface area contributed by atoms with Crippen LogP contribution in [0.2, 0.25) is 0 Å². The molecule has 108 valence electrons. The average molecular weight is 296 g/mol. The van der Waals surface area contributed by atoms with Gasteiger partial charge in [0.15, 0.2) is 9.84 Å². The zero-order valence-corrected chi connectivity index (χ0v) is 13.1. The van der Waals surface area contributed by atoms with E-state index in [4.69, 9.17) is 11.6 Å². The molecule has 1 saturated carbocycles. The van der Waals surface area contributed by atoms with Crippen molar-refractivity contribution in [3.05, 3.63) is 0 Å². The van der Waals surface area contributed by atoms with Crippen LogP contribution >= 0.6 is 11.6 Å². The van der Waals surface area contributed by atoms with Crippen molar-refractivity contribution in [3.63, 3.8) is 0 Å². The molecule has 0 bridgehead atoms. The molecule has 0 aromatic heterocycles. The largest absolute Gasteiger partial charge is 0.315 e. The van der Waals surface area contributed by atoms with E-state index in [9.17, 15) is 8.42 Å². The third kappa shape index (κ3) is 4.71. The van der Waals surface area contributed by atoms with E-state index in [0.29, 0.717) is 12.4 Å². The normalized spacial score (nSPS) is 20.2. The number of sulfone groups is 1. The summed E-state index contributed by atoms with van der Waals surface area (Å²) < 4.78 is 23.3. The Bertz CT molecular complexity index is 335. The molecule has 0 saturated heterocycles. The smallest absolute Gasteiger partial charge is 0.153 e. The summed E-state index contributed by atoms with van der Waals surface area (Å²) >= 11 is 6.10. The van der Waals surface area contributed by atoms with Gasteiger partial charge < -0.3 is 5.32 Å². The molecule has 0 amide bonds. The molecule has 0 aromatic carbocycles. The third-order valence-electron chi connectivity index (χ3n) is 3.98. The summed E-state index contributed by atoms with van der Waals surface area (Å²) in [7, 11) is -2.92. The van der Waals surface area contributed by atoms with Crippen LogP contribution in [0.5, 0.6) is 0 Å². The number of nitrogens with one attached hydrogen (secondary N) is 1. The summed E-state index contributed by atoms with van der Waals surface area (Å²) in [4.78, 5) is 0. The Morgan fingerprint density at radius 2 is 1.83 bits per heavy atom. The van der Waals surface area contributed by atoms with Gasteiger partial charge in [0.1, 0.15) is 0 Å². The van der Waals surface area contributed by atoms with Crippen molar-refractivity contribution < 1.29 is 8.42 Å². The van der Waals surface area contributed by atoms with Gasteiger partial charge in [0, 0.05) is 19.0 Å². The predicted octanol–water partition coefficient (Wildman–Crippen LogP) is 2.59. The maximum absolute atomic E-state index is 11.7. The fourth-order valence-electron chi connectivity index (χ4n) is 2.46. The minimum atomic E-state index is -2.92. The predicted molar refractivity (Wildman–Crippen MR) is 78.0 cm³/mol. The van der Waals surface area contributed by atoms with Crippen molar-refractivity contribution in [2.45, 2.75) is 51.2 Å². The lowest BCUT2D eigenvalue weighted by atomic mass is 9.75. The Balaban J connectivity index is 2.32. The molecule has 0 spiro atoms. The van der Waals surface area contributed by atoms with Crippen LogP contribution in [0.1, 0.15) is 46.0 Å². The molecule has 1 aliphatic rings. The average Bonchev–Trinajstić information content (AvgIpc) is 2.36. The van der Waals surface area contributed by atoms with Gasteiger partial charge in [0.25, 0.3) is 0 Å². The number of rotatable bonds is 7. The number of alkyl halides is 1. The Morgan fingerprint density at radius 1 is 1.22 bits per heavy atom. The maximum Gasteiger partial charge on any atom is 0.153 e. The van der Waals surface area contributed by atoms with Crippen LogP contribution in [0.15, 0.2) is 0 Å². The van der Waals surface area contributed by atoms with Gasteiger partial charge in [-0.1, -0.05) is 19.3 Å². The molecule has 1 aliphatic carbocycles. The third-order valence-corrected chi connectivity index (χ3v) is 6.76. The number of hydrogen-bond donors (Lipinski definition) is 1. The molecule has 0 aliphatic heterocycles. The van der Waals surface area contributed by atoms with Crippen molar-refractivity contribution >= 4 is 21.4 Å². The molecule has 0 atom stereocenters. The van der Waals surface area contributed by atoms with E-state index in [1.54, 1.807) is 13.8 Å². The molecular formula is C13H26ClNO2S. The first-order valence-corrected chi connectivity index (χ1v) is 9.15. The lowest BCUT2D eigenvalue weighted by molar-refractivity contribution is 0.214. The molecule has 1 fully saturated rings. The Morgan fingerprint density at radius 3 is 2.33 bits per heavy atom. The quantitative estimate of drug-likeness (QED) is 0.580. The first kappa shape index (κ1) is 16.3. The van der Waals surface area contributed by atoms with Crippen LogP contribution < -0.4 is 5.32 Å². The fourth-order valence-corrected chi connectivity index (χ4v) is 3.73. The van der Waals surface area contributed by atoms with E-state index in [1.807, 2.05) is 0 Å². The minimum absolute atomic E-state index is 0.196. The fraction of sp³-hybridized carbons (Fsp3) is 1.00. The maximum atomic E-state index is 11.7. The van der Waals surface area contributed by atoms with Gasteiger partial charge in [0.2, 0.25) is 0 Å². The van der Waals surface area contributed by atoms with Gasteiger partial charge >= 0.3 is 0 Å². The highest BCUT2D eigenvalue weighted by Crippen LogP contribution is 2.36. The van der Waals surface area contributed by atoms with Crippen LogP contribution in [-0.4, -0.2) is 38.4 Å². The number of halogens is 1. The molecule has 0 heterocycles. The molecule has 1 rings (SSSR count). The minimum Gasteiger partial charge on any atom is -0.315 e. The first-order chi connectivity index (χ1) is 8.42. The molecule has 18 heavy (non-hydrogen) atoms. The monoisotopic (exact) mass is 295 g/mol. The number of hydrogen-bond acceptors (Lipinski definition) is 3. The molecular weight excluding hydrogens is 270 g/mol. The second-order valence-electron chi connectivity index (χ2n) is 5.79. The van der Waals surface area contributed by atoms with Crippen molar-refractivity contribution in [2.75, 3.05) is 24.7 Å². The van der Waals surface area contributed by atoms with E-state index in [-0.39, 0.29) is 16.4 Å². The van der Waals surface area contributed by atoms with Crippen LogP contribution in [0.4, 0.5) is 0 Å². The van der Waals surface area contributed by atoms with Gasteiger partial charge in [0.05, 0.1) is 11.0 Å². The summed E-state index contributed by atoms with van der Waals surface area (Å²) in [6.07, 6.45) is 6.14. The zero-order valence-electron chi connectivity index (χ0n) is 11.5. The Labute approximate surface area is 117 Å². The van der Waals surface area contributed by atoms with Crippen molar-refractivity contribution in [1.82, 2.24) is 5.32 Å². The van der Waals surface area contributed by atoms with E-state index >= 15 is 0 Å². The molecule has 0 aromatic rings. The van der Waals surface area contributed by atoms with Gasteiger partial charge in [-0.3, -0.25) is 0 Å². The van der Waals surface area contributed by atoms with Crippen LogP contribution in [0, 0.1) is 5.41 Å². The molecule has 3 nitrogen and oxygen atoms in total. The molecule has 0 unspecified atom stereocenters. The van der Waals surface area contributed by atoms with Crippen LogP contribution in [0.25, 0.3) is 0 Å². The second-order valence-corrected chi connectivity index (χ2v) is 8.73. The van der Waals surface area contributed by atoms with E-state index in [1.165, 1.54) is 32.1 Å². The van der Waals surface area contributed by atoms with Crippen LogP contribution in [-0.2, 0) is 9.84 Å². The standard InChI is InChI=1S/C13H26ClNO2S/c1-12(2)18(16,17)9-8-15-11-13(10-14)6-4-3-5-7-13/h12,15H,3-11H2,1-2H3. The van der Waals surface area contributed by atoms with Gasteiger partial charge in [-0.25, -0.2) is 8.42 Å². The zero-order chi connectivity index (χ0) is 13.6. The summed E-state index contributed by atoms with van der Waals surface area (Å²) in [6.45, 7) is 4.86. The van der Waals surface area contributed by atoms with Crippen molar-refractivity contribution in [2.24, 2.45) is 5.41 Å². The highest BCUT2D eigenvalue weighted by Gasteiger charge is 2.30. The SMILES string of the molecule is CC(C)S(=O)(=O)CCNCC1(CCl)CCCCC1. The summed E-state index contributed by atoms with van der Waals surface area (Å²) in [6, 6.07) is 0. The van der Waals surface area contributed by atoms with E-state index < -0.39 is 9.84 Å². The summed E-state index contributed by atoms with van der Waals surface area (Å²) in [5.74, 6) is 0.903. The van der Waals surface area contributed by atoms with Gasteiger partial charge in [-0.05, 0) is 32.1 Å². The Hall–Kier alpha value is 0.200. The van der Waals surface area contributed by atoms with E-state index in [2.05, 4.69) is 5.32 Å². The topological polar surface area (TPSA) is 46.2 Å². The van der Waals surface area contributed by atoms with E-state index in [0.717, 1.165) is 6.54 Å². The molecule has 5 heteroatoms. The van der Waals surface area contributed by atoms with Gasteiger partial charge in [-0.2, -0.15) is 0 Å². The first-order valence-electron chi connectivity index (χ1n) is 6.90. The summed E-state index contributed by atoms with van der Waals surface area (Å²) in [5.41, 5.74) is 0.196. The Kier molecular flexibility index (Phi) is 6.42. The molecule has 1 N–H and O–H groups in total. The van der Waals surface area contributed by atoms with Crippen LogP contribution in [0.3, 0.4) is 0 Å². The second kappa shape index (κ2) is 7.11. The lowest BCUT2D eigenvalue weighted by Crippen LogP contribution is -2.39. The van der Waals surface area contributed by atoms with Crippen molar-refractivity contribution in [3.8, 4) is 0 Å².